The van der Waals surface area contributed by atoms with Crippen molar-refractivity contribution in [2.45, 2.75) is 13.3 Å². The number of ether oxygens (including phenoxy) is 1. The third-order valence-electron chi connectivity index (χ3n) is 2.89. The monoisotopic (exact) mass is 299 g/mol. The molecule has 5 nitrogen and oxygen atoms in total. The zero-order valence-corrected chi connectivity index (χ0v) is 12.2. The van der Waals surface area contributed by atoms with Crippen molar-refractivity contribution in [3.8, 4) is 0 Å². The number of benzene rings is 1. The van der Waals surface area contributed by atoms with Crippen LogP contribution in [0.2, 0.25) is 0 Å². The second-order valence-corrected chi connectivity index (χ2v) is 4.56. The Hall–Kier alpha value is -2.82. The van der Waals surface area contributed by atoms with E-state index < -0.39 is 5.97 Å². The van der Waals surface area contributed by atoms with Gasteiger partial charge in [-0.05, 0) is 42.3 Å². The fourth-order valence-electron chi connectivity index (χ4n) is 1.79. The molecule has 0 bridgehead atoms. The highest BCUT2D eigenvalue weighted by molar-refractivity contribution is 5.94. The van der Waals surface area contributed by atoms with Crippen molar-refractivity contribution in [3.05, 3.63) is 60.1 Å². The molecule has 0 saturated heterocycles. The predicted molar refractivity (Wildman–Crippen MR) is 83.2 cm³/mol. The molecule has 0 radical (unpaired) electrons. The van der Waals surface area contributed by atoms with Crippen LogP contribution in [0, 0.1) is 0 Å². The number of hydrogen-bond acceptors (Lipinski definition) is 4. The Bertz CT molecular complexity index is 659. The number of amides is 1. The maximum Gasteiger partial charge on any atom is 0.331 e. The summed E-state index contributed by atoms with van der Waals surface area (Å²) < 4.78 is 9.89. The largest absolute Gasteiger partial charge is 0.465 e. The molecule has 1 heterocycles. The number of nitrogens with one attached hydrogen (secondary N) is 1. The Labute approximate surface area is 128 Å². The van der Waals surface area contributed by atoms with E-state index in [9.17, 15) is 9.59 Å². The molecule has 0 saturated carbocycles. The number of rotatable bonds is 6. The summed E-state index contributed by atoms with van der Waals surface area (Å²) in [5.41, 5.74) is 1.81. The molecule has 2 aromatic rings. The minimum Gasteiger partial charge on any atom is -0.465 e. The number of hydrogen-bond donors (Lipinski definition) is 1. The first kappa shape index (κ1) is 15.6. The lowest BCUT2D eigenvalue weighted by atomic mass is 10.1. The van der Waals surface area contributed by atoms with Crippen LogP contribution in [0.3, 0.4) is 0 Å². The fourth-order valence-corrected chi connectivity index (χ4v) is 1.79. The summed E-state index contributed by atoms with van der Waals surface area (Å²) in [6.45, 7) is 1.70. The number of anilines is 1. The molecule has 0 fully saturated rings. The van der Waals surface area contributed by atoms with E-state index in [1.807, 2.05) is 25.1 Å². The van der Waals surface area contributed by atoms with Gasteiger partial charge < -0.3 is 14.5 Å². The van der Waals surface area contributed by atoms with Gasteiger partial charge in [0.15, 0.2) is 6.61 Å². The van der Waals surface area contributed by atoms with Crippen molar-refractivity contribution in [1.82, 2.24) is 0 Å². The Kier molecular flexibility index (Phi) is 5.54. The van der Waals surface area contributed by atoms with Crippen LogP contribution in [0.1, 0.15) is 18.2 Å². The normalized spacial score (nSPS) is 10.6. The Balaban J connectivity index is 1.78. The summed E-state index contributed by atoms with van der Waals surface area (Å²) in [7, 11) is 0. The topological polar surface area (TPSA) is 68.5 Å². The van der Waals surface area contributed by atoms with Crippen molar-refractivity contribution >= 4 is 23.6 Å². The van der Waals surface area contributed by atoms with Gasteiger partial charge in [0.1, 0.15) is 5.76 Å². The molecule has 114 valence electrons. The van der Waals surface area contributed by atoms with Crippen LogP contribution in [-0.2, 0) is 20.7 Å². The molecule has 0 aliphatic carbocycles. The van der Waals surface area contributed by atoms with Gasteiger partial charge in [-0.25, -0.2) is 4.79 Å². The van der Waals surface area contributed by atoms with Gasteiger partial charge in [0, 0.05) is 11.8 Å². The van der Waals surface area contributed by atoms with Gasteiger partial charge in [0.25, 0.3) is 5.91 Å². The third kappa shape index (κ3) is 4.94. The van der Waals surface area contributed by atoms with Crippen molar-refractivity contribution in [1.29, 1.82) is 0 Å². The smallest absolute Gasteiger partial charge is 0.331 e. The van der Waals surface area contributed by atoms with Gasteiger partial charge >= 0.3 is 5.97 Å². The van der Waals surface area contributed by atoms with E-state index in [0.717, 1.165) is 12.0 Å². The molecular weight excluding hydrogens is 282 g/mol. The van der Waals surface area contributed by atoms with E-state index in [1.165, 1.54) is 18.4 Å². The number of esters is 1. The van der Waals surface area contributed by atoms with Crippen LogP contribution in [0.5, 0.6) is 0 Å². The fraction of sp³-hybridized carbons (Fsp3) is 0.176. The van der Waals surface area contributed by atoms with E-state index >= 15 is 0 Å². The van der Waals surface area contributed by atoms with E-state index in [-0.39, 0.29) is 12.5 Å². The van der Waals surface area contributed by atoms with Gasteiger partial charge in [-0.3, -0.25) is 4.79 Å². The molecule has 0 unspecified atom stereocenters. The molecule has 1 aromatic carbocycles. The van der Waals surface area contributed by atoms with E-state index in [0.29, 0.717) is 11.4 Å². The van der Waals surface area contributed by atoms with E-state index in [4.69, 9.17) is 9.15 Å². The Morgan fingerprint density at radius 1 is 1.27 bits per heavy atom. The second kappa shape index (κ2) is 7.83. The summed E-state index contributed by atoms with van der Waals surface area (Å²) in [5.74, 6) is -0.445. The SMILES string of the molecule is CCc1cccc(NC(=O)COC(=O)C=Cc2ccco2)c1. The van der Waals surface area contributed by atoms with Gasteiger partial charge in [-0.2, -0.15) is 0 Å². The quantitative estimate of drug-likeness (QED) is 0.657. The lowest BCUT2D eigenvalue weighted by Crippen LogP contribution is -2.20. The van der Waals surface area contributed by atoms with Crippen LogP contribution >= 0.6 is 0 Å². The predicted octanol–water partition coefficient (Wildman–Crippen LogP) is 3.04. The standard InChI is InChI=1S/C17H17NO4/c1-2-13-5-3-6-14(11-13)18-16(19)12-22-17(20)9-8-15-7-4-10-21-15/h3-11H,2,12H2,1H3,(H,18,19). The van der Waals surface area contributed by atoms with Gasteiger partial charge in [-0.1, -0.05) is 19.1 Å². The lowest BCUT2D eigenvalue weighted by Gasteiger charge is -2.06. The molecule has 1 N–H and O–H groups in total. The van der Waals surface area contributed by atoms with Crippen molar-refractivity contribution in [2.75, 3.05) is 11.9 Å². The first-order valence-electron chi connectivity index (χ1n) is 6.94. The third-order valence-corrected chi connectivity index (χ3v) is 2.89. The molecule has 0 aliphatic rings. The molecule has 0 atom stereocenters. The summed E-state index contributed by atoms with van der Waals surface area (Å²) in [6, 6.07) is 10.9. The molecular formula is C17H17NO4. The zero-order valence-electron chi connectivity index (χ0n) is 12.2. The average molecular weight is 299 g/mol. The minimum absolute atomic E-state index is 0.336. The molecule has 2 rings (SSSR count). The van der Waals surface area contributed by atoms with Crippen LogP contribution in [0.25, 0.3) is 6.08 Å². The first-order chi connectivity index (χ1) is 10.7. The summed E-state index contributed by atoms with van der Waals surface area (Å²) in [5, 5.41) is 2.68. The molecule has 1 amide bonds. The van der Waals surface area contributed by atoms with Crippen molar-refractivity contribution < 1.29 is 18.7 Å². The molecule has 0 spiro atoms. The van der Waals surface area contributed by atoms with Crippen LogP contribution < -0.4 is 5.32 Å². The molecule has 5 heteroatoms. The Morgan fingerprint density at radius 2 is 2.14 bits per heavy atom. The van der Waals surface area contributed by atoms with Crippen LogP contribution in [0.15, 0.2) is 53.2 Å². The van der Waals surface area contributed by atoms with Crippen molar-refractivity contribution in [3.63, 3.8) is 0 Å². The molecule has 22 heavy (non-hydrogen) atoms. The number of carbonyl (C=O) groups excluding carboxylic acids is 2. The maximum atomic E-state index is 11.7. The Morgan fingerprint density at radius 3 is 2.86 bits per heavy atom. The van der Waals surface area contributed by atoms with E-state index in [2.05, 4.69) is 5.32 Å². The summed E-state index contributed by atoms with van der Waals surface area (Å²) in [4.78, 5) is 23.2. The highest BCUT2D eigenvalue weighted by Crippen LogP contribution is 2.11. The average Bonchev–Trinajstić information content (AvgIpc) is 3.04. The second-order valence-electron chi connectivity index (χ2n) is 4.56. The molecule has 0 aliphatic heterocycles. The summed E-state index contributed by atoms with van der Waals surface area (Å²) in [6.07, 6.45) is 5.08. The number of aryl methyl sites for hydroxylation is 1. The first-order valence-corrected chi connectivity index (χ1v) is 6.94. The minimum atomic E-state index is -0.603. The molecule has 1 aromatic heterocycles. The zero-order chi connectivity index (χ0) is 15.8. The van der Waals surface area contributed by atoms with Gasteiger partial charge in [0.05, 0.1) is 6.26 Å². The number of carbonyl (C=O) groups is 2. The highest BCUT2D eigenvalue weighted by atomic mass is 16.5. The van der Waals surface area contributed by atoms with E-state index in [1.54, 1.807) is 18.2 Å². The number of furan rings is 1. The maximum absolute atomic E-state index is 11.7. The highest BCUT2D eigenvalue weighted by Gasteiger charge is 2.06. The van der Waals surface area contributed by atoms with Crippen molar-refractivity contribution in [2.24, 2.45) is 0 Å². The van der Waals surface area contributed by atoms with Gasteiger partial charge in [0.2, 0.25) is 0 Å². The summed E-state index contributed by atoms with van der Waals surface area (Å²) >= 11 is 0. The van der Waals surface area contributed by atoms with Crippen LogP contribution in [0.4, 0.5) is 5.69 Å². The lowest BCUT2D eigenvalue weighted by molar-refractivity contribution is -0.142. The van der Waals surface area contributed by atoms with Crippen LogP contribution in [-0.4, -0.2) is 18.5 Å². The van der Waals surface area contributed by atoms with Gasteiger partial charge in [-0.15, -0.1) is 0 Å².